The number of carbonyl (C=O) groups is 2. The van der Waals surface area contributed by atoms with E-state index in [1.54, 1.807) is 0 Å². The monoisotopic (exact) mass is 310 g/mol. The molecule has 0 aromatic heterocycles. The summed E-state index contributed by atoms with van der Waals surface area (Å²) in [5.41, 5.74) is 0. The highest BCUT2D eigenvalue weighted by Gasteiger charge is 2.64. The van der Waals surface area contributed by atoms with Crippen LogP contribution in [0.25, 0.3) is 0 Å². The highest BCUT2D eigenvalue weighted by Crippen LogP contribution is 2.57. The molecule has 0 aromatic carbocycles. The Kier molecular flexibility index (Phi) is 4.19. The Bertz CT molecular complexity index is 449. The van der Waals surface area contributed by atoms with Gasteiger partial charge in [0.05, 0.1) is 31.5 Å². The van der Waals surface area contributed by atoms with Crippen LogP contribution in [0.4, 0.5) is 0 Å². The number of hydrogen-bond donors (Lipinski definition) is 0. The number of nitrogens with zero attached hydrogens (tertiary/aromatic N) is 1. The summed E-state index contributed by atoms with van der Waals surface area (Å²) in [6.45, 7) is 11.0. The molecule has 124 valence electrons. The second-order valence-electron chi connectivity index (χ2n) is 7.10. The Balaban J connectivity index is 1.56. The van der Waals surface area contributed by atoms with Crippen LogP contribution in [-0.4, -0.2) is 55.3 Å². The van der Waals surface area contributed by atoms with Crippen molar-refractivity contribution < 1.29 is 23.5 Å². The summed E-state index contributed by atoms with van der Waals surface area (Å²) in [7, 11) is 0. The first-order valence-corrected chi connectivity index (χ1v) is 8.77. The van der Waals surface area contributed by atoms with Crippen LogP contribution in [0.5, 0.6) is 0 Å². The normalized spacial score (nSPS) is 35.8. The second-order valence-corrected chi connectivity index (χ2v) is 7.10. The molecule has 0 spiro atoms. The van der Waals surface area contributed by atoms with Gasteiger partial charge in [-0.25, -0.2) is 0 Å². The zero-order valence-electron chi connectivity index (χ0n) is 13.9. The van der Waals surface area contributed by atoms with E-state index in [0.717, 1.165) is 43.5 Å². The first-order chi connectivity index (χ1) is 10.5. The molecule has 1 heterocycles. The molecule has 5 atom stereocenters. The number of hydrogen-bond acceptors (Lipinski definition) is 4. The maximum atomic E-state index is 12.5. The van der Waals surface area contributed by atoms with Crippen LogP contribution in [0.3, 0.4) is 0 Å². The quantitative estimate of drug-likeness (QED) is 0.529. The number of esters is 2. The fraction of sp³-hybridized carbons (Fsp3) is 0.882. The lowest BCUT2D eigenvalue weighted by Gasteiger charge is -2.35. The third kappa shape index (κ3) is 2.34. The molecule has 2 aliphatic carbocycles. The molecule has 3 rings (SSSR count). The van der Waals surface area contributed by atoms with E-state index in [1.165, 1.54) is 0 Å². The van der Waals surface area contributed by atoms with Crippen molar-refractivity contribution in [2.24, 2.45) is 23.7 Å². The predicted octanol–water partition coefficient (Wildman–Crippen LogP) is 1.60. The van der Waals surface area contributed by atoms with Crippen LogP contribution in [0, 0.1) is 23.7 Å². The van der Waals surface area contributed by atoms with Gasteiger partial charge >= 0.3 is 11.9 Å². The second kappa shape index (κ2) is 5.84. The van der Waals surface area contributed by atoms with E-state index in [-0.39, 0.29) is 35.8 Å². The summed E-state index contributed by atoms with van der Waals surface area (Å²) < 4.78 is 11.9. The minimum Gasteiger partial charge on any atom is -0.462 e. The van der Waals surface area contributed by atoms with Gasteiger partial charge in [0.1, 0.15) is 19.3 Å². The molecule has 5 heteroatoms. The van der Waals surface area contributed by atoms with Gasteiger partial charge < -0.3 is 14.0 Å². The molecule has 0 radical (unpaired) electrons. The summed E-state index contributed by atoms with van der Waals surface area (Å²) in [6.07, 6.45) is 1.89. The number of rotatable bonds is 7. The molecule has 0 amide bonds. The SMILES string of the molecule is CC[N+](CC)(CC)CCOC(=O)[C@H]1[C@@H]2C[C@@H]3[C@@H]1C(=O)O[C@@H]3C2. The maximum Gasteiger partial charge on any atom is 0.310 e. The van der Waals surface area contributed by atoms with Crippen LogP contribution in [0.2, 0.25) is 0 Å². The molecule has 5 nitrogen and oxygen atoms in total. The Morgan fingerprint density at radius 2 is 1.91 bits per heavy atom. The number of carbonyl (C=O) groups excluding carboxylic acids is 2. The largest absolute Gasteiger partial charge is 0.462 e. The van der Waals surface area contributed by atoms with E-state index < -0.39 is 0 Å². The molecular formula is C17H28NO4+. The van der Waals surface area contributed by atoms with E-state index in [2.05, 4.69) is 20.8 Å². The zero-order valence-corrected chi connectivity index (χ0v) is 13.9. The lowest BCUT2D eigenvalue weighted by molar-refractivity contribution is -0.923. The van der Waals surface area contributed by atoms with Crippen molar-refractivity contribution in [2.75, 3.05) is 32.8 Å². The van der Waals surface area contributed by atoms with Gasteiger partial charge in [-0.3, -0.25) is 9.59 Å². The van der Waals surface area contributed by atoms with E-state index in [9.17, 15) is 9.59 Å². The van der Waals surface area contributed by atoms with Crippen LogP contribution < -0.4 is 0 Å². The standard InChI is InChI=1S/C17H28NO4/c1-4-18(5-2,6-3)7-8-21-16(19)14-11-9-12-13(10-11)22-17(20)15(12)14/h11-15H,4-10H2,1-3H3/q+1/t11-,12+,13-,14+,15+/m1/s1. The van der Waals surface area contributed by atoms with Crippen molar-refractivity contribution in [3.63, 3.8) is 0 Å². The van der Waals surface area contributed by atoms with Crippen LogP contribution >= 0.6 is 0 Å². The molecular weight excluding hydrogens is 282 g/mol. The maximum absolute atomic E-state index is 12.5. The zero-order chi connectivity index (χ0) is 15.9. The first-order valence-electron chi connectivity index (χ1n) is 8.77. The van der Waals surface area contributed by atoms with Crippen molar-refractivity contribution in [1.82, 2.24) is 0 Å². The molecule has 1 aliphatic heterocycles. The summed E-state index contributed by atoms with van der Waals surface area (Å²) in [5.74, 6) is -0.246. The Hall–Kier alpha value is -1.10. The lowest BCUT2D eigenvalue weighted by Crippen LogP contribution is -2.50. The predicted molar refractivity (Wildman–Crippen MR) is 80.8 cm³/mol. The van der Waals surface area contributed by atoms with Crippen LogP contribution in [0.15, 0.2) is 0 Å². The Labute approximate surface area is 132 Å². The van der Waals surface area contributed by atoms with Crippen molar-refractivity contribution in [3.05, 3.63) is 0 Å². The lowest BCUT2D eigenvalue weighted by atomic mass is 9.80. The van der Waals surface area contributed by atoms with E-state index in [0.29, 0.717) is 12.5 Å². The first kappa shape index (κ1) is 15.8. The molecule has 0 aromatic rings. The number of fused-ring (bicyclic) bond motifs is 1. The van der Waals surface area contributed by atoms with Gasteiger partial charge in [0.25, 0.3) is 0 Å². The molecule has 0 unspecified atom stereocenters. The fourth-order valence-corrected chi connectivity index (χ4v) is 4.91. The molecule has 0 N–H and O–H groups in total. The Morgan fingerprint density at radius 3 is 2.55 bits per heavy atom. The van der Waals surface area contributed by atoms with Gasteiger partial charge in [-0.1, -0.05) is 0 Å². The van der Waals surface area contributed by atoms with Crippen molar-refractivity contribution in [3.8, 4) is 0 Å². The average molecular weight is 310 g/mol. The van der Waals surface area contributed by atoms with Gasteiger partial charge in [0.15, 0.2) is 0 Å². The average Bonchev–Trinajstić information content (AvgIpc) is 3.13. The van der Waals surface area contributed by atoms with E-state index in [4.69, 9.17) is 9.47 Å². The molecule has 3 fully saturated rings. The molecule has 2 bridgehead atoms. The van der Waals surface area contributed by atoms with Gasteiger partial charge in [-0.2, -0.15) is 0 Å². The van der Waals surface area contributed by atoms with Crippen LogP contribution in [-0.2, 0) is 19.1 Å². The smallest absolute Gasteiger partial charge is 0.310 e. The molecule has 2 saturated carbocycles. The molecule has 22 heavy (non-hydrogen) atoms. The van der Waals surface area contributed by atoms with Crippen LogP contribution in [0.1, 0.15) is 33.6 Å². The number of ether oxygens (including phenoxy) is 2. The minimum atomic E-state index is -0.247. The van der Waals surface area contributed by atoms with Gasteiger partial charge in [0, 0.05) is 5.92 Å². The third-order valence-corrected chi connectivity index (χ3v) is 6.58. The summed E-state index contributed by atoms with van der Waals surface area (Å²) in [4.78, 5) is 24.4. The van der Waals surface area contributed by atoms with Crippen molar-refractivity contribution in [1.29, 1.82) is 0 Å². The van der Waals surface area contributed by atoms with E-state index in [1.807, 2.05) is 0 Å². The van der Waals surface area contributed by atoms with E-state index >= 15 is 0 Å². The summed E-state index contributed by atoms with van der Waals surface area (Å²) in [6, 6.07) is 0. The molecule has 3 aliphatic rings. The minimum absolute atomic E-state index is 0.0798. The Morgan fingerprint density at radius 1 is 1.23 bits per heavy atom. The van der Waals surface area contributed by atoms with Crippen molar-refractivity contribution in [2.45, 2.75) is 39.7 Å². The summed E-state index contributed by atoms with van der Waals surface area (Å²) >= 11 is 0. The third-order valence-electron chi connectivity index (χ3n) is 6.58. The van der Waals surface area contributed by atoms with Gasteiger partial charge in [0.2, 0.25) is 0 Å². The number of likely N-dealkylation sites (N-methyl/N-ethyl adjacent to an activating group) is 1. The van der Waals surface area contributed by atoms with Crippen molar-refractivity contribution >= 4 is 11.9 Å². The topological polar surface area (TPSA) is 52.6 Å². The fourth-order valence-electron chi connectivity index (χ4n) is 4.91. The highest BCUT2D eigenvalue weighted by atomic mass is 16.6. The molecule has 1 saturated heterocycles. The van der Waals surface area contributed by atoms with Gasteiger partial charge in [-0.15, -0.1) is 0 Å². The number of quaternary nitrogens is 1. The highest BCUT2D eigenvalue weighted by molar-refractivity contribution is 5.85. The van der Waals surface area contributed by atoms with Gasteiger partial charge in [-0.05, 0) is 39.5 Å². The summed E-state index contributed by atoms with van der Waals surface area (Å²) in [5, 5.41) is 0.